The number of hydrogen-bond donors (Lipinski definition) is 2. The van der Waals surface area contributed by atoms with Gasteiger partial charge in [-0.05, 0) is 49.7 Å². The maximum absolute atomic E-state index is 14.8. The Hall–Kier alpha value is -2.93. The minimum absolute atomic E-state index is 0.308. The van der Waals surface area contributed by atoms with Gasteiger partial charge in [-0.15, -0.1) is 0 Å². The lowest BCUT2D eigenvalue weighted by molar-refractivity contribution is -0.110. The van der Waals surface area contributed by atoms with Crippen LogP contribution >= 0.6 is 0 Å². The van der Waals surface area contributed by atoms with Gasteiger partial charge in [0.2, 0.25) is 0 Å². The Morgan fingerprint density at radius 1 is 1.13 bits per heavy atom. The highest BCUT2D eigenvalue weighted by Gasteiger charge is 2.25. The first kappa shape index (κ1) is 20.3. The molecule has 1 amide bonds. The second kappa shape index (κ2) is 8.44. The van der Waals surface area contributed by atoms with E-state index in [9.17, 15) is 13.6 Å². The van der Waals surface area contributed by atoms with Crippen molar-refractivity contribution >= 4 is 28.5 Å². The van der Waals surface area contributed by atoms with E-state index in [1.54, 1.807) is 12.1 Å². The predicted molar refractivity (Wildman–Crippen MR) is 117 cm³/mol. The van der Waals surface area contributed by atoms with Crippen LogP contribution in [0, 0.1) is 11.6 Å². The van der Waals surface area contributed by atoms with Crippen molar-refractivity contribution in [3.63, 3.8) is 0 Å². The number of piperazine rings is 1. The quantitative estimate of drug-likeness (QED) is 0.720. The molecule has 2 aromatic rings. The van der Waals surface area contributed by atoms with Crippen LogP contribution in [0.15, 0.2) is 42.6 Å². The minimum atomic E-state index is -0.417. The molecule has 158 valence electrons. The standard InChI is InChI=1S/C23H26F2N4O/c1-3-15(2)28-8-10-29(11-9-28)22-7-5-17(13-20(22)25)26-14-19-18-12-16(24)4-6-21(18)27-23(19)30/h4-7,12-15,26H,3,8-11H2,1-2H3,(H,27,30). The van der Waals surface area contributed by atoms with Gasteiger partial charge in [-0.3, -0.25) is 9.69 Å². The molecule has 1 fully saturated rings. The van der Waals surface area contributed by atoms with Crippen LogP contribution in [0.4, 0.5) is 25.8 Å². The van der Waals surface area contributed by atoms with E-state index in [4.69, 9.17) is 0 Å². The second-order valence-corrected chi connectivity index (χ2v) is 7.79. The molecule has 1 saturated heterocycles. The molecule has 7 heteroatoms. The average molecular weight is 412 g/mol. The highest BCUT2D eigenvalue weighted by atomic mass is 19.1. The fraction of sp³-hybridized carbons (Fsp3) is 0.348. The molecule has 4 rings (SSSR count). The Balaban J connectivity index is 1.45. The van der Waals surface area contributed by atoms with Crippen molar-refractivity contribution in [2.75, 3.05) is 41.7 Å². The number of rotatable bonds is 5. The maximum Gasteiger partial charge on any atom is 0.257 e. The van der Waals surface area contributed by atoms with Crippen LogP contribution in [0.1, 0.15) is 25.8 Å². The first-order chi connectivity index (χ1) is 14.5. The van der Waals surface area contributed by atoms with Crippen molar-refractivity contribution in [3.05, 3.63) is 59.8 Å². The summed E-state index contributed by atoms with van der Waals surface area (Å²) in [7, 11) is 0. The lowest BCUT2D eigenvalue weighted by Crippen LogP contribution is -2.49. The van der Waals surface area contributed by atoms with E-state index in [0.717, 1.165) is 32.6 Å². The summed E-state index contributed by atoms with van der Waals surface area (Å²) in [5.74, 6) is -1.04. The monoisotopic (exact) mass is 412 g/mol. The zero-order valence-electron chi connectivity index (χ0n) is 17.2. The SMILES string of the molecule is CCC(C)N1CCN(c2ccc(NC=C3C(=O)Nc4ccc(F)cc43)cc2F)CC1. The first-order valence-corrected chi connectivity index (χ1v) is 10.3. The number of fused-ring (bicyclic) bond motifs is 1. The molecule has 0 spiro atoms. The van der Waals surface area contributed by atoms with Crippen LogP contribution in [0.25, 0.3) is 5.57 Å². The zero-order chi connectivity index (χ0) is 21.3. The number of nitrogens with zero attached hydrogens (tertiary/aromatic N) is 2. The fourth-order valence-electron chi connectivity index (χ4n) is 3.97. The summed E-state index contributed by atoms with van der Waals surface area (Å²) < 4.78 is 28.3. The van der Waals surface area contributed by atoms with Gasteiger partial charge in [-0.1, -0.05) is 6.92 Å². The van der Waals surface area contributed by atoms with Crippen molar-refractivity contribution in [2.24, 2.45) is 0 Å². The van der Waals surface area contributed by atoms with Gasteiger partial charge < -0.3 is 15.5 Å². The molecule has 0 radical (unpaired) electrons. The summed E-state index contributed by atoms with van der Waals surface area (Å²) in [5, 5.41) is 5.66. The Bertz CT molecular complexity index is 983. The molecule has 1 atom stereocenters. The molecule has 0 saturated carbocycles. The van der Waals surface area contributed by atoms with Gasteiger partial charge in [-0.2, -0.15) is 0 Å². The van der Waals surface area contributed by atoms with E-state index in [-0.39, 0.29) is 11.7 Å². The van der Waals surface area contributed by atoms with Crippen LogP contribution in [-0.4, -0.2) is 43.0 Å². The normalized spacial score (nSPS) is 19.0. The third-order valence-corrected chi connectivity index (χ3v) is 5.96. The van der Waals surface area contributed by atoms with Crippen LogP contribution in [-0.2, 0) is 4.79 Å². The van der Waals surface area contributed by atoms with Gasteiger partial charge in [0.25, 0.3) is 5.91 Å². The summed E-state index contributed by atoms with van der Waals surface area (Å²) in [6, 6.07) is 9.65. The van der Waals surface area contributed by atoms with Crippen molar-refractivity contribution in [1.82, 2.24) is 4.90 Å². The van der Waals surface area contributed by atoms with E-state index < -0.39 is 5.82 Å². The summed E-state index contributed by atoms with van der Waals surface area (Å²) in [6.45, 7) is 7.84. The number of hydrogen-bond acceptors (Lipinski definition) is 4. The summed E-state index contributed by atoms with van der Waals surface area (Å²) in [5.41, 5.74) is 2.48. The average Bonchev–Trinajstić information content (AvgIpc) is 3.06. The molecule has 2 heterocycles. The van der Waals surface area contributed by atoms with Crippen molar-refractivity contribution in [3.8, 4) is 0 Å². The van der Waals surface area contributed by atoms with E-state index in [1.165, 1.54) is 30.5 Å². The molecule has 0 bridgehead atoms. The molecule has 0 aromatic heterocycles. The molecule has 2 aliphatic heterocycles. The number of carbonyl (C=O) groups excluding carboxylic acids is 1. The lowest BCUT2D eigenvalue weighted by atomic mass is 10.1. The van der Waals surface area contributed by atoms with Crippen molar-refractivity contribution in [2.45, 2.75) is 26.3 Å². The molecule has 5 nitrogen and oxygen atoms in total. The van der Waals surface area contributed by atoms with Gasteiger partial charge in [-0.25, -0.2) is 8.78 Å². The number of benzene rings is 2. The van der Waals surface area contributed by atoms with Gasteiger partial charge >= 0.3 is 0 Å². The number of nitrogens with one attached hydrogen (secondary N) is 2. The number of carbonyl (C=O) groups is 1. The maximum atomic E-state index is 14.8. The number of amides is 1. The second-order valence-electron chi connectivity index (χ2n) is 7.79. The number of halogens is 2. The summed E-state index contributed by atoms with van der Waals surface area (Å²) in [4.78, 5) is 16.7. The van der Waals surface area contributed by atoms with Crippen LogP contribution in [0.2, 0.25) is 0 Å². The van der Waals surface area contributed by atoms with E-state index in [0.29, 0.717) is 34.2 Å². The van der Waals surface area contributed by atoms with Crippen LogP contribution in [0.3, 0.4) is 0 Å². The summed E-state index contributed by atoms with van der Waals surface area (Å²) >= 11 is 0. The van der Waals surface area contributed by atoms with E-state index in [2.05, 4.69) is 34.3 Å². The van der Waals surface area contributed by atoms with Gasteiger partial charge in [0.05, 0.1) is 11.3 Å². The highest BCUT2D eigenvalue weighted by Crippen LogP contribution is 2.32. The van der Waals surface area contributed by atoms with E-state index in [1.807, 2.05) is 0 Å². The third kappa shape index (κ3) is 4.03. The predicted octanol–water partition coefficient (Wildman–Crippen LogP) is 4.29. The highest BCUT2D eigenvalue weighted by molar-refractivity contribution is 6.31. The van der Waals surface area contributed by atoms with Gasteiger partial charge in [0.15, 0.2) is 0 Å². The smallest absolute Gasteiger partial charge is 0.257 e. The van der Waals surface area contributed by atoms with Crippen molar-refractivity contribution < 1.29 is 13.6 Å². The first-order valence-electron chi connectivity index (χ1n) is 10.3. The molecule has 2 aliphatic rings. The van der Waals surface area contributed by atoms with Gasteiger partial charge in [0.1, 0.15) is 11.6 Å². The molecule has 2 N–H and O–H groups in total. The number of anilines is 3. The Kier molecular flexibility index (Phi) is 5.72. The summed E-state index contributed by atoms with van der Waals surface area (Å²) in [6.07, 6.45) is 2.60. The van der Waals surface area contributed by atoms with Gasteiger partial charge in [0, 0.05) is 55.4 Å². The third-order valence-electron chi connectivity index (χ3n) is 5.96. The lowest BCUT2D eigenvalue weighted by Gasteiger charge is -2.39. The molecular weight excluding hydrogens is 386 g/mol. The van der Waals surface area contributed by atoms with Crippen LogP contribution in [0.5, 0.6) is 0 Å². The zero-order valence-corrected chi connectivity index (χ0v) is 17.2. The molecular formula is C23H26F2N4O. The Morgan fingerprint density at radius 2 is 1.90 bits per heavy atom. The Morgan fingerprint density at radius 3 is 2.60 bits per heavy atom. The molecule has 0 aliphatic carbocycles. The topological polar surface area (TPSA) is 47.6 Å². The van der Waals surface area contributed by atoms with E-state index >= 15 is 0 Å². The minimum Gasteiger partial charge on any atom is -0.367 e. The molecule has 30 heavy (non-hydrogen) atoms. The fourth-order valence-corrected chi connectivity index (χ4v) is 3.97. The molecule has 2 aromatic carbocycles. The molecule has 1 unspecified atom stereocenters. The largest absolute Gasteiger partial charge is 0.367 e. The van der Waals surface area contributed by atoms with Crippen molar-refractivity contribution in [1.29, 1.82) is 0 Å². The Labute approximate surface area is 175 Å². The van der Waals surface area contributed by atoms with Crippen LogP contribution < -0.4 is 15.5 Å².